The Hall–Kier alpha value is -1.75. The van der Waals surface area contributed by atoms with Gasteiger partial charge in [0.1, 0.15) is 11.4 Å². The summed E-state index contributed by atoms with van der Waals surface area (Å²) in [6.07, 6.45) is 0.190. The molecule has 0 aliphatic heterocycles. The molecule has 0 saturated heterocycles. The highest BCUT2D eigenvalue weighted by atomic mass is 16.6. The molecule has 0 aromatic heterocycles. The maximum absolute atomic E-state index is 11.6. The van der Waals surface area contributed by atoms with Crippen molar-refractivity contribution in [3.8, 4) is 5.75 Å². The molecule has 0 saturated carbocycles. The molecule has 1 aromatic rings. The molecular formula is C16H25NO4. The van der Waals surface area contributed by atoms with Gasteiger partial charge < -0.3 is 19.9 Å². The third-order valence-electron chi connectivity index (χ3n) is 2.85. The number of carbonyl (C=O) groups is 1. The molecule has 21 heavy (non-hydrogen) atoms. The summed E-state index contributed by atoms with van der Waals surface area (Å²) < 4.78 is 10.3. The fraction of sp³-hybridized carbons (Fsp3) is 0.562. The van der Waals surface area contributed by atoms with Gasteiger partial charge in [0.2, 0.25) is 0 Å². The third kappa shape index (κ3) is 6.99. The lowest BCUT2D eigenvalue weighted by Gasteiger charge is -2.21. The smallest absolute Gasteiger partial charge is 0.407 e. The monoisotopic (exact) mass is 295 g/mol. The van der Waals surface area contributed by atoms with Crippen molar-refractivity contribution in [1.29, 1.82) is 0 Å². The first-order valence-electron chi connectivity index (χ1n) is 7.04. The van der Waals surface area contributed by atoms with Crippen LogP contribution in [0.1, 0.15) is 26.3 Å². The summed E-state index contributed by atoms with van der Waals surface area (Å²) in [5, 5.41) is 12.1. The van der Waals surface area contributed by atoms with Crippen LogP contribution in [-0.4, -0.2) is 37.1 Å². The van der Waals surface area contributed by atoms with Crippen molar-refractivity contribution in [3.05, 3.63) is 29.8 Å². The Labute approximate surface area is 126 Å². The van der Waals surface area contributed by atoms with E-state index in [1.165, 1.54) is 0 Å². The summed E-state index contributed by atoms with van der Waals surface area (Å²) in [5.74, 6) is 0.717. The Morgan fingerprint density at radius 3 is 2.67 bits per heavy atom. The average Bonchev–Trinajstić information content (AvgIpc) is 2.41. The Morgan fingerprint density at radius 2 is 2.10 bits per heavy atom. The van der Waals surface area contributed by atoms with Crippen molar-refractivity contribution < 1.29 is 19.4 Å². The standard InChI is InChI=1S/C16H25NO4/c1-16(2,3)21-15(19)17-10-13(11-18)8-12-6-5-7-14(9-12)20-4/h5-7,9,13,18H,8,10-11H2,1-4H3,(H,17,19). The summed E-state index contributed by atoms with van der Waals surface area (Å²) in [7, 11) is 1.62. The predicted molar refractivity (Wildman–Crippen MR) is 81.5 cm³/mol. The number of rotatable bonds is 6. The third-order valence-corrected chi connectivity index (χ3v) is 2.85. The number of aliphatic hydroxyl groups excluding tert-OH is 1. The van der Waals surface area contributed by atoms with Crippen molar-refractivity contribution in [2.75, 3.05) is 20.3 Å². The predicted octanol–water partition coefficient (Wildman–Crippen LogP) is 2.37. The molecule has 118 valence electrons. The molecule has 0 heterocycles. The van der Waals surface area contributed by atoms with Gasteiger partial charge in [-0.05, 0) is 44.9 Å². The maximum Gasteiger partial charge on any atom is 0.407 e. The Kier molecular flexibility index (Phi) is 6.49. The van der Waals surface area contributed by atoms with Crippen molar-refractivity contribution in [2.24, 2.45) is 5.92 Å². The second kappa shape index (κ2) is 7.88. The van der Waals surface area contributed by atoms with E-state index in [-0.39, 0.29) is 12.5 Å². The molecule has 1 aromatic carbocycles. The molecule has 0 fully saturated rings. The molecule has 1 unspecified atom stereocenters. The molecule has 0 radical (unpaired) electrons. The van der Waals surface area contributed by atoms with Crippen LogP contribution >= 0.6 is 0 Å². The number of methoxy groups -OCH3 is 1. The summed E-state index contributed by atoms with van der Waals surface area (Å²) >= 11 is 0. The number of carbonyl (C=O) groups excluding carboxylic acids is 1. The van der Waals surface area contributed by atoms with Crippen LogP contribution in [0, 0.1) is 5.92 Å². The zero-order chi connectivity index (χ0) is 15.9. The van der Waals surface area contributed by atoms with Gasteiger partial charge in [0.15, 0.2) is 0 Å². The van der Waals surface area contributed by atoms with Gasteiger partial charge in [0, 0.05) is 19.1 Å². The molecule has 0 spiro atoms. The molecule has 1 atom stereocenters. The number of alkyl carbamates (subject to hydrolysis) is 1. The molecule has 0 aliphatic rings. The Bertz CT molecular complexity index is 454. The first-order valence-corrected chi connectivity index (χ1v) is 7.04. The molecule has 0 bridgehead atoms. The lowest BCUT2D eigenvalue weighted by atomic mass is 10.00. The second-order valence-corrected chi connectivity index (χ2v) is 5.99. The lowest BCUT2D eigenvalue weighted by Crippen LogP contribution is -2.36. The van der Waals surface area contributed by atoms with Gasteiger partial charge in [-0.25, -0.2) is 4.79 Å². The second-order valence-electron chi connectivity index (χ2n) is 5.99. The molecule has 0 aliphatic carbocycles. The Balaban J connectivity index is 2.49. The minimum atomic E-state index is -0.522. The number of benzene rings is 1. The van der Waals surface area contributed by atoms with Gasteiger partial charge in [-0.1, -0.05) is 12.1 Å². The number of hydrogen-bond acceptors (Lipinski definition) is 4. The minimum absolute atomic E-state index is 0.00694. The summed E-state index contributed by atoms with van der Waals surface area (Å²) in [4.78, 5) is 11.6. The number of aliphatic hydroxyl groups is 1. The summed E-state index contributed by atoms with van der Waals surface area (Å²) in [5.41, 5.74) is 0.533. The summed E-state index contributed by atoms with van der Waals surface area (Å²) in [6, 6.07) is 7.68. The van der Waals surface area contributed by atoms with Crippen LogP contribution in [0.2, 0.25) is 0 Å². The van der Waals surface area contributed by atoms with Gasteiger partial charge >= 0.3 is 6.09 Å². The topological polar surface area (TPSA) is 67.8 Å². The van der Waals surface area contributed by atoms with E-state index < -0.39 is 11.7 Å². The molecule has 5 heteroatoms. The van der Waals surface area contributed by atoms with Crippen molar-refractivity contribution in [1.82, 2.24) is 5.32 Å². The average molecular weight is 295 g/mol. The van der Waals surface area contributed by atoms with Gasteiger partial charge in [0.25, 0.3) is 0 Å². The maximum atomic E-state index is 11.6. The van der Waals surface area contributed by atoms with Crippen LogP contribution in [0.25, 0.3) is 0 Å². The van der Waals surface area contributed by atoms with Crippen molar-refractivity contribution in [2.45, 2.75) is 32.8 Å². The zero-order valence-electron chi connectivity index (χ0n) is 13.2. The number of nitrogens with one attached hydrogen (secondary N) is 1. The fourth-order valence-corrected chi connectivity index (χ4v) is 1.88. The summed E-state index contributed by atoms with van der Waals surface area (Å²) in [6.45, 7) is 5.79. The van der Waals surface area contributed by atoms with E-state index in [1.807, 2.05) is 45.0 Å². The SMILES string of the molecule is COc1cccc(CC(CO)CNC(=O)OC(C)(C)C)c1. The zero-order valence-corrected chi connectivity index (χ0v) is 13.2. The highest BCUT2D eigenvalue weighted by Crippen LogP contribution is 2.16. The van der Waals surface area contributed by atoms with E-state index in [0.717, 1.165) is 11.3 Å². The van der Waals surface area contributed by atoms with Gasteiger partial charge in [-0.2, -0.15) is 0 Å². The van der Waals surface area contributed by atoms with E-state index in [0.29, 0.717) is 13.0 Å². The molecule has 2 N–H and O–H groups in total. The molecular weight excluding hydrogens is 270 g/mol. The number of ether oxygens (including phenoxy) is 2. The van der Waals surface area contributed by atoms with Crippen LogP contribution in [0.5, 0.6) is 5.75 Å². The molecule has 1 amide bonds. The van der Waals surface area contributed by atoms with Crippen LogP contribution in [0.15, 0.2) is 24.3 Å². The Morgan fingerprint density at radius 1 is 1.38 bits per heavy atom. The quantitative estimate of drug-likeness (QED) is 0.845. The van der Waals surface area contributed by atoms with E-state index >= 15 is 0 Å². The van der Waals surface area contributed by atoms with Crippen molar-refractivity contribution in [3.63, 3.8) is 0 Å². The largest absolute Gasteiger partial charge is 0.497 e. The van der Waals surface area contributed by atoms with E-state index in [9.17, 15) is 9.90 Å². The van der Waals surface area contributed by atoms with E-state index in [4.69, 9.17) is 9.47 Å². The molecule has 5 nitrogen and oxygen atoms in total. The first-order chi connectivity index (χ1) is 9.84. The highest BCUT2D eigenvalue weighted by Gasteiger charge is 2.17. The van der Waals surface area contributed by atoms with Gasteiger partial charge in [0.05, 0.1) is 7.11 Å². The van der Waals surface area contributed by atoms with E-state index in [1.54, 1.807) is 7.11 Å². The van der Waals surface area contributed by atoms with Gasteiger partial charge in [-0.3, -0.25) is 0 Å². The molecule has 1 rings (SSSR count). The normalized spacial score (nSPS) is 12.6. The number of hydrogen-bond donors (Lipinski definition) is 2. The van der Waals surface area contributed by atoms with Crippen LogP contribution in [0.4, 0.5) is 4.79 Å². The lowest BCUT2D eigenvalue weighted by molar-refractivity contribution is 0.0512. The highest BCUT2D eigenvalue weighted by molar-refractivity contribution is 5.67. The van der Waals surface area contributed by atoms with Crippen LogP contribution < -0.4 is 10.1 Å². The van der Waals surface area contributed by atoms with Crippen LogP contribution in [0.3, 0.4) is 0 Å². The number of amides is 1. The van der Waals surface area contributed by atoms with Crippen LogP contribution in [-0.2, 0) is 11.2 Å². The minimum Gasteiger partial charge on any atom is -0.497 e. The first kappa shape index (κ1) is 17.3. The van der Waals surface area contributed by atoms with Crippen molar-refractivity contribution >= 4 is 6.09 Å². The van der Waals surface area contributed by atoms with E-state index in [2.05, 4.69) is 5.32 Å². The van der Waals surface area contributed by atoms with Gasteiger partial charge in [-0.15, -0.1) is 0 Å². The fourth-order valence-electron chi connectivity index (χ4n) is 1.88.